The minimum Gasteiger partial charge on any atom is -0.330 e. The third-order valence-electron chi connectivity index (χ3n) is 2.10. The Morgan fingerprint density at radius 3 is 2.25 bits per heavy atom. The van der Waals surface area contributed by atoms with Gasteiger partial charge in [0.15, 0.2) is 6.54 Å². The number of rotatable bonds is 8. The number of nitrogens with two attached hydrogens (primary N) is 1. The van der Waals surface area contributed by atoms with Crippen molar-refractivity contribution in [1.29, 1.82) is 0 Å². The van der Waals surface area contributed by atoms with Crippen molar-refractivity contribution in [3.63, 3.8) is 0 Å². The standard InChI is InChI=1S/C10H18Br2N2O2/c1-2-3-4-5-6-7-8-14(9(11)12)16-10(13)15/h2-8H2,1H3,(H-,13,15)/p+1. The van der Waals surface area contributed by atoms with Crippen LogP contribution in [0.4, 0.5) is 4.79 Å². The van der Waals surface area contributed by atoms with Crippen molar-refractivity contribution in [2.24, 2.45) is 5.73 Å². The van der Waals surface area contributed by atoms with Crippen molar-refractivity contribution in [3.05, 3.63) is 0 Å². The lowest BCUT2D eigenvalue weighted by molar-refractivity contribution is -0.755. The second kappa shape index (κ2) is 10.1. The molecule has 2 N–H and O–H groups in total. The monoisotopic (exact) mass is 357 g/mol. The van der Waals surface area contributed by atoms with Crippen LogP contribution < -0.4 is 5.73 Å². The first-order valence-electron chi connectivity index (χ1n) is 5.50. The summed E-state index contributed by atoms with van der Waals surface area (Å²) >= 11 is 6.38. The van der Waals surface area contributed by atoms with E-state index in [4.69, 9.17) is 10.6 Å². The molecule has 0 fully saturated rings. The molecule has 0 unspecified atom stereocenters. The lowest BCUT2D eigenvalue weighted by Gasteiger charge is -2.00. The van der Waals surface area contributed by atoms with Crippen LogP contribution in [0.2, 0.25) is 0 Å². The van der Waals surface area contributed by atoms with Gasteiger partial charge in [0.2, 0.25) is 0 Å². The molecule has 0 saturated carbocycles. The van der Waals surface area contributed by atoms with Gasteiger partial charge < -0.3 is 5.73 Å². The van der Waals surface area contributed by atoms with E-state index in [1.807, 2.05) is 0 Å². The number of hydroxylamine groups is 1. The van der Waals surface area contributed by atoms with Gasteiger partial charge in [0, 0.05) is 43.0 Å². The fourth-order valence-electron chi connectivity index (χ4n) is 1.31. The number of nitrogens with zero attached hydrogens (tertiary/aromatic N) is 1. The zero-order valence-corrected chi connectivity index (χ0v) is 12.7. The van der Waals surface area contributed by atoms with Crippen LogP contribution >= 0.6 is 31.9 Å². The number of primary amides is 1. The van der Waals surface area contributed by atoms with Crippen LogP contribution in [-0.2, 0) is 4.84 Å². The highest BCUT2D eigenvalue weighted by molar-refractivity contribution is 9.39. The van der Waals surface area contributed by atoms with E-state index in [9.17, 15) is 4.79 Å². The molecule has 0 aliphatic rings. The Kier molecular flexibility index (Phi) is 10.0. The van der Waals surface area contributed by atoms with E-state index in [0.29, 0.717) is 10.1 Å². The first-order valence-corrected chi connectivity index (χ1v) is 7.09. The molecule has 0 atom stereocenters. The molecule has 94 valence electrons. The second-order valence-electron chi connectivity index (χ2n) is 3.52. The van der Waals surface area contributed by atoms with Crippen LogP contribution in [0.15, 0.2) is 0 Å². The smallest absolute Gasteiger partial charge is 0.330 e. The van der Waals surface area contributed by atoms with Gasteiger partial charge in [-0.05, 0) is 6.42 Å². The molecule has 16 heavy (non-hydrogen) atoms. The van der Waals surface area contributed by atoms with Gasteiger partial charge in [-0.25, -0.2) is 4.79 Å². The number of unbranched alkanes of at least 4 members (excludes halogenated alkanes) is 5. The third kappa shape index (κ3) is 9.15. The van der Waals surface area contributed by atoms with E-state index >= 15 is 0 Å². The molecule has 0 spiro atoms. The minimum atomic E-state index is -0.803. The Morgan fingerprint density at radius 2 is 1.75 bits per heavy atom. The highest BCUT2D eigenvalue weighted by Gasteiger charge is 2.14. The van der Waals surface area contributed by atoms with E-state index in [0.717, 1.165) is 12.8 Å². The van der Waals surface area contributed by atoms with Gasteiger partial charge in [-0.15, -0.1) is 0 Å². The summed E-state index contributed by atoms with van der Waals surface area (Å²) in [5.41, 5.74) is 4.94. The normalized spacial score (nSPS) is 9.94. The van der Waals surface area contributed by atoms with E-state index in [1.54, 1.807) is 0 Å². The Bertz CT molecular complexity index is 241. The summed E-state index contributed by atoms with van der Waals surface area (Å²) in [6, 6.07) is 0. The quantitative estimate of drug-likeness (QED) is 0.237. The van der Waals surface area contributed by atoms with Crippen LogP contribution in [0.5, 0.6) is 0 Å². The highest BCUT2D eigenvalue weighted by Crippen LogP contribution is 2.07. The van der Waals surface area contributed by atoms with Crippen molar-refractivity contribution in [2.45, 2.75) is 45.4 Å². The molecule has 0 heterocycles. The van der Waals surface area contributed by atoms with Gasteiger partial charge in [-0.3, -0.25) is 0 Å². The lowest BCUT2D eigenvalue weighted by atomic mass is 10.1. The number of amides is 1. The lowest BCUT2D eigenvalue weighted by Crippen LogP contribution is -2.25. The van der Waals surface area contributed by atoms with E-state index < -0.39 is 6.09 Å². The van der Waals surface area contributed by atoms with Crippen LogP contribution in [0, 0.1) is 0 Å². The molecule has 0 rings (SSSR count). The summed E-state index contributed by atoms with van der Waals surface area (Å²) in [7, 11) is 0. The van der Waals surface area contributed by atoms with Crippen molar-refractivity contribution < 1.29 is 14.4 Å². The van der Waals surface area contributed by atoms with Crippen molar-refractivity contribution in [3.8, 4) is 0 Å². The van der Waals surface area contributed by atoms with Crippen LogP contribution in [0.25, 0.3) is 0 Å². The number of carbonyl (C=O) groups excluding carboxylic acids is 1. The first kappa shape index (κ1) is 15.9. The maximum atomic E-state index is 10.6. The zero-order chi connectivity index (χ0) is 12.4. The first-order chi connectivity index (χ1) is 7.57. The SMILES string of the molecule is CCCCCCCC[N+](OC(N)=O)=C(Br)Br. The molecule has 0 aromatic heterocycles. The van der Waals surface area contributed by atoms with Crippen LogP contribution in [0.1, 0.15) is 45.4 Å². The molecule has 0 aliphatic heterocycles. The largest absolute Gasteiger partial charge is 0.472 e. The van der Waals surface area contributed by atoms with Crippen molar-refractivity contribution in [1.82, 2.24) is 0 Å². The summed E-state index contributed by atoms with van der Waals surface area (Å²) in [6.45, 7) is 2.83. The zero-order valence-electron chi connectivity index (χ0n) is 9.55. The van der Waals surface area contributed by atoms with Gasteiger partial charge in [-0.2, -0.15) is 4.84 Å². The fourth-order valence-corrected chi connectivity index (χ4v) is 1.81. The maximum absolute atomic E-state index is 10.6. The van der Waals surface area contributed by atoms with Crippen molar-refractivity contribution >= 4 is 41.5 Å². The summed E-state index contributed by atoms with van der Waals surface area (Å²) in [5.74, 6) is 0. The topological polar surface area (TPSA) is 55.3 Å². The fraction of sp³-hybridized carbons (Fsp3) is 0.800. The van der Waals surface area contributed by atoms with Gasteiger partial charge in [0.1, 0.15) is 0 Å². The average Bonchev–Trinajstić information content (AvgIpc) is 2.20. The van der Waals surface area contributed by atoms with E-state index in [1.165, 1.54) is 30.4 Å². The molecule has 6 heteroatoms. The van der Waals surface area contributed by atoms with E-state index in [2.05, 4.69) is 38.8 Å². The molecular weight excluding hydrogens is 340 g/mol. The Balaban J connectivity index is 3.71. The van der Waals surface area contributed by atoms with E-state index in [-0.39, 0.29) is 0 Å². The van der Waals surface area contributed by atoms with Crippen molar-refractivity contribution in [2.75, 3.05) is 6.54 Å². The molecule has 0 aromatic carbocycles. The molecule has 0 saturated heterocycles. The van der Waals surface area contributed by atoms with Crippen LogP contribution in [-0.4, -0.2) is 20.9 Å². The second-order valence-corrected chi connectivity index (χ2v) is 6.09. The molecule has 0 aliphatic carbocycles. The molecule has 0 aromatic rings. The predicted molar refractivity (Wildman–Crippen MR) is 72.0 cm³/mol. The third-order valence-corrected chi connectivity index (χ3v) is 2.89. The maximum Gasteiger partial charge on any atom is 0.472 e. The minimum absolute atomic E-state index is 0.576. The molecule has 4 nitrogen and oxygen atoms in total. The van der Waals surface area contributed by atoms with Gasteiger partial charge >= 0.3 is 9.62 Å². The molecular formula is C10H19Br2N2O2+. The predicted octanol–water partition coefficient (Wildman–Crippen LogP) is 3.52. The summed E-state index contributed by atoms with van der Waals surface area (Å²) in [5, 5.41) is 0. The number of hydrogen-bond acceptors (Lipinski definition) is 2. The summed E-state index contributed by atoms with van der Waals surface area (Å²) < 4.78 is 1.98. The average molecular weight is 359 g/mol. The molecule has 0 bridgehead atoms. The summed E-state index contributed by atoms with van der Waals surface area (Å²) in [4.78, 5) is 15.4. The number of halogens is 2. The number of carbonyl (C=O) groups is 1. The Hall–Kier alpha value is -0.100. The van der Waals surface area contributed by atoms with Crippen LogP contribution in [0.3, 0.4) is 0 Å². The Labute approximate surface area is 113 Å². The Morgan fingerprint density at radius 1 is 1.19 bits per heavy atom. The highest BCUT2D eigenvalue weighted by atomic mass is 79.9. The number of hydrogen-bond donors (Lipinski definition) is 1. The van der Waals surface area contributed by atoms with Gasteiger partial charge in [0.25, 0.3) is 0 Å². The van der Waals surface area contributed by atoms with Gasteiger partial charge in [-0.1, -0.05) is 32.6 Å². The molecule has 1 amide bonds. The van der Waals surface area contributed by atoms with Gasteiger partial charge in [0.05, 0.1) is 0 Å². The summed E-state index contributed by atoms with van der Waals surface area (Å²) in [6.07, 6.45) is 6.32. The molecule has 0 radical (unpaired) electrons.